The van der Waals surface area contributed by atoms with E-state index in [0.717, 1.165) is 31.7 Å². The lowest BCUT2D eigenvalue weighted by Crippen LogP contribution is -2.43. The second kappa shape index (κ2) is 6.17. The number of anilines is 1. The summed E-state index contributed by atoms with van der Waals surface area (Å²) in [4.78, 5) is 0. The molecule has 1 atom stereocenters. The van der Waals surface area contributed by atoms with Crippen LogP contribution in [0.4, 0.5) is 19.0 Å². The molecule has 1 fully saturated rings. The third-order valence-electron chi connectivity index (χ3n) is 4.09. The second-order valence-electron chi connectivity index (χ2n) is 5.37. The van der Waals surface area contributed by atoms with E-state index in [2.05, 4.69) is 29.4 Å². The maximum atomic E-state index is 12.4. The molecule has 1 unspecified atom stereocenters. The lowest BCUT2D eigenvalue weighted by Gasteiger charge is -2.40. The number of halogens is 3. The molecule has 4 nitrogen and oxygen atoms in total. The molecule has 1 aromatic rings. The van der Waals surface area contributed by atoms with Crippen LogP contribution in [0.3, 0.4) is 0 Å². The predicted octanol–water partition coefficient (Wildman–Crippen LogP) is 3.65. The smallest absolute Gasteiger partial charge is 0.375 e. The molecule has 0 radical (unpaired) electrons. The third-order valence-corrected chi connectivity index (χ3v) is 4.09. The first-order valence-corrected chi connectivity index (χ1v) is 7.20. The zero-order valence-corrected chi connectivity index (χ0v) is 12.2. The van der Waals surface area contributed by atoms with Gasteiger partial charge < -0.3 is 10.1 Å². The number of nitrogens with zero attached hydrogens (tertiary/aromatic N) is 2. The van der Waals surface area contributed by atoms with Crippen molar-refractivity contribution in [1.82, 2.24) is 10.2 Å². The number of nitrogens with one attached hydrogen (secondary N) is 1. The average molecular weight is 303 g/mol. The minimum absolute atomic E-state index is 0.143. The fourth-order valence-electron chi connectivity index (χ4n) is 2.66. The zero-order chi connectivity index (χ0) is 15.5. The highest BCUT2D eigenvalue weighted by atomic mass is 19.4. The highest BCUT2D eigenvalue weighted by molar-refractivity contribution is 5.35. The molecular weight excluding hydrogens is 283 g/mol. The standard InChI is InChI=1S/C14H20F3N3O/c1-3-13(4-2)9-10(7-8-21-13)18-12-6-5-11(19-20-12)14(15,16)17/h5-6,10H,3-4,7-9H2,1-2H3,(H,18,20). The Labute approximate surface area is 122 Å². The Morgan fingerprint density at radius 1 is 1.29 bits per heavy atom. The van der Waals surface area contributed by atoms with Gasteiger partial charge in [0.2, 0.25) is 0 Å². The summed E-state index contributed by atoms with van der Waals surface area (Å²) < 4.78 is 43.2. The zero-order valence-electron chi connectivity index (χ0n) is 12.2. The monoisotopic (exact) mass is 303 g/mol. The number of hydrogen-bond donors (Lipinski definition) is 1. The quantitative estimate of drug-likeness (QED) is 0.922. The summed E-state index contributed by atoms with van der Waals surface area (Å²) in [5.74, 6) is 0.371. The fraction of sp³-hybridized carbons (Fsp3) is 0.714. The molecule has 21 heavy (non-hydrogen) atoms. The first-order valence-electron chi connectivity index (χ1n) is 7.20. The van der Waals surface area contributed by atoms with E-state index in [9.17, 15) is 13.2 Å². The van der Waals surface area contributed by atoms with E-state index >= 15 is 0 Å². The topological polar surface area (TPSA) is 47.0 Å². The van der Waals surface area contributed by atoms with Gasteiger partial charge in [-0.2, -0.15) is 13.2 Å². The van der Waals surface area contributed by atoms with Crippen LogP contribution in [0.1, 0.15) is 45.2 Å². The van der Waals surface area contributed by atoms with E-state index in [1.165, 1.54) is 6.07 Å². The lowest BCUT2D eigenvalue weighted by atomic mass is 9.86. The maximum absolute atomic E-state index is 12.4. The van der Waals surface area contributed by atoms with Crippen LogP contribution in [-0.2, 0) is 10.9 Å². The van der Waals surface area contributed by atoms with E-state index in [4.69, 9.17) is 4.74 Å². The molecular formula is C14H20F3N3O. The van der Waals surface area contributed by atoms with Gasteiger partial charge in [0.05, 0.1) is 5.60 Å². The molecule has 118 valence electrons. The Balaban J connectivity index is 2.01. The van der Waals surface area contributed by atoms with Gasteiger partial charge in [-0.25, -0.2) is 0 Å². The van der Waals surface area contributed by atoms with Crippen molar-refractivity contribution in [1.29, 1.82) is 0 Å². The van der Waals surface area contributed by atoms with Crippen molar-refractivity contribution in [3.63, 3.8) is 0 Å². The summed E-state index contributed by atoms with van der Waals surface area (Å²) in [5.41, 5.74) is -1.12. The van der Waals surface area contributed by atoms with Crippen LogP contribution in [0.15, 0.2) is 12.1 Å². The largest absolute Gasteiger partial charge is 0.435 e. The predicted molar refractivity (Wildman–Crippen MR) is 72.9 cm³/mol. The van der Waals surface area contributed by atoms with Crippen LogP contribution in [0.2, 0.25) is 0 Å². The Hall–Kier alpha value is -1.37. The summed E-state index contributed by atoms with van der Waals surface area (Å²) in [6.45, 7) is 4.82. The van der Waals surface area contributed by atoms with Gasteiger partial charge in [0.1, 0.15) is 5.82 Å². The Bertz CT molecular complexity index is 458. The molecule has 1 saturated heterocycles. The van der Waals surface area contributed by atoms with Crippen LogP contribution in [-0.4, -0.2) is 28.4 Å². The molecule has 1 aliphatic heterocycles. The minimum atomic E-state index is -4.45. The van der Waals surface area contributed by atoms with Crippen LogP contribution >= 0.6 is 0 Å². The molecule has 2 heterocycles. The number of hydrogen-bond acceptors (Lipinski definition) is 4. The SMILES string of the molecule is CCC1(CC)CC(Nc2ccc(C(F)(F)F)nn2)CCO1. The van der Waals surface area contributed by atoms with Gasteiger partial charge in [-0.1, -0.05) is 13.8 Å². The van der Waals surface area contributed by atoms with E-state index in [0.29, 0.717) is 12.4 Å². The molecule has 1 aromatic heterocycles. The van der Waals surface area contributed by atoms with Crippen molar-refractivity contribution in [2.45, 2.75) is 57.3 Å². The molecule has 0 bridgehead atoms. The van der Waals surface area contributed by atoms with Gasteiger partial charge in [0, 0.05) is 12.6 Å². The summed E-state index contributed by atoms with van der Waals surface area (Å²) >= 11 is 0. The normalized spacial score (nSPS) is 22.0. The number of aromatic nitrogens is 2. The van der Waals surface area contributed by atoms with Gasteiger partial charge in [-0.3, -0.25) is 0 Å². The lowest BCUT2D eigenvalue weighted by molar-refractivity contribution is -0.141. The van der Waals surface area contributed by atoms with Crippen molar-refractivity contribution in [2.24, 2.45) is 0 Å². The van der Waals surface area contributed by atoms with Gasteiger partial charge in [0.25, 0.3) is 0 Å². The van der Waals surface area contributed by atoms with Crippen molar-refractivity contribution in [3.8, 4) is 0 Å². The molecule has 2 rings (SSSR count). The van der Waals surface area contributed by atoms with Crippen molar-refractivity contribution >= 4 is 5.82 Å². The van der Waals surface area contributed by atoms with Gasteiger partial charge in [-0.15, -0.1) is 10.2 Å². The molecule has 0 amide bonds. The Morgan fingerprint density at radius 3 is 2.52 bits per heavy atom. The highest BCUT2D eigenvalue weighted by Gasteiger charge is 2.35. The van der Waals surface area contributed by atoms with Crippen LogP contribution in [0.5, 0.6) is 0 Å². The molecule has 1 aliphatic rings. The molecule has 0 saturated carbocycles. The number of alkyl halides is 3. The second-order valence-corrected chi connectivity index (χ2v) is 5.37. The number of ether oxygens (including phenoxy) is 1. The molecule has 0 aliphatic carbocycles. The van der Waals surface area contributed by atoms with Crippen molar-refractivity contribution < 1.29 is 17.9 Å². The van der Waals surface area contributed by atoms with Crippen LogP contribution in [0.25, 0.3) is 0 Å². The van der Waals surface area contributed by atoms with Crippen LogP contribution in [0, 0.1) is 0 Å². The number of rotatable bonds is 4. The Morgan fingerprint density at radius 2 is 2.00 bits per heavy atom. The molecule has 7 heteroatoms. The average Bonchev–Trinajstić information content (AvgIpc) is 2.47. The minimum Gasteiger partial charge on any atom is -0.375 e. The van der Waals surface area contributed by atoms with E-state index in [-0.39, 0.29) is 11.6 Å². The summed E-state index contributed by atoms with van der Waals surface area (Å²) in [6, 6.07) is 2.41. The maximum Gasteiger partial charge on any atom is 0.435 e. The molecule has 0 aromatic carbocycles. The van der Waals surface area contributed by atoms with Gasteiger partial charge in [-0.05, 0) is 37.8 Å². The fourth-order valence-corrected chi connectivity index (χ4v) is 2.66. The third kappa shape index (κ3) is 3.84. The summed E-state index contributed by atoms with van der Waals surface area (Å²) in [7, 11) is 0. The van der Waals surface area contributed by atoms with E-state index in [1.807, 2.05) is 0 Å². The van der Waals surface area contributed by atoms with E-state index < -0.39 is 11.9 Å². The van der Waals surface area contributed by atoms with Crippen molar-refractivity contribution in [3.05, 3.63) is 17.8 Å². The molecule has 1 N–H and O–H groups in total. The first kappa shape index (κ1) is 16.0. The van der Waals surface area contributed by atoms with Crippen LogP contribution < -0.4 is 5.32 Å². The van der Waals surface area contributed by atoms with Gasteiger partial charge in [0.15, 0.2) is 5.69 Å². The summed E-state index contributed by atoms with van der Waals surface area (Å²) in [5, 5.41) is 10.0. The summed E-state index contributed by atoms with van der Waals surface area (Å²) in [6.07, 6.45) is -0.988. The first-order chi connectivity index (χ1) is 9.88. The Kier molecular flexibility index (Phi) is 4.70. The van der Waals surface area contributed by atoms with Gasteiger partial charge >= 0.3 is 6.18 Å². The highest BCUT2D eigenvalue weighted by Crippen LogP contribution is 2.33. The van der Waals surface area contributed by atoms with Crippen molar-refractivity contribution in [2.75, 3.05) is 11.9 Å². The molecule has 0 spiro atoms. The van der Waals surface area contributed by atoms with E-state index in [1.54, 1.807) is 0 Å².